The molecule has 0 bridgehead atoms. The van der Waals surface area contributed by atoms with Crippen LogP contribution in [0, 0.1) is 0 Å². The molecule has 2 aromatic rings. The molecule has 0 aliphatic carbocycles. The molecule has 2 heterocycles. The second kappa shape index (κ2) is 6.31. The van der Waals surface area contributed by atoms with Crippen molar-refractivity contribution in [3.05, 3.63) is 49.3 Å². The van der Waals surface area contributed by atoms with Crippen LogP contribution in [0.4, 0.5) is 0 Å². The SMILES string of the molecule is CN(Cc1cc(Br)cs1)C(=O)/C=C/c1cccs1. The van der Waals surface area contributed by atoms with E-state index < -0.39 is 0 Å². The molecule has 0 unspecified atom stereocenters. The number of rotatable bonds is 4. The minimum Gasteiger partial charge on any atom is -0.337 e. The first-order valence-corrected chi connectivity index (χ1v) is 7.90. The number of halogens is 1. The van der Waals surface area contributed by atoms with Crippen molar-refractivity contribution in [3.8, 4) is 0 Å². The number of amides is 1. The molecule has 0 aliphatic heterocycles. The number of nitrogens with zero attached hydrogens (tertiary/aromatic N) is 1. The molecule has 0 aliphatic rings. The van der Waals surface area contributed by atoms with Gasteiger partial charge < -0.3 is 4.90 Å². The third-order valence-electron chi connectivity index (χ3n) is 2.32. The van der Waals surface area contributed by atoms with Gasteiger partial charge in [-0.15, -0.1) is 22.7 Å². The smallest absolute Gasteiger partial charge is 0.246 e. The number of carbonyl (C=O) groups excluding carboxylic acids is 1. The summed E-state index contributed by atoms with van der Waals surface area (Å²) < 4.78 is 1.07. The van der Waals surface area contributed by atoms with E-state index in [0.717, 1.165) is 9.35 Å². The zero-order chi connectivity index (χ0) is 13.0. The van der Waals surface area contributed by atoms with Crippen LogP contribution in [0.5, 0.6) is 0 Å². The fraction of sp³-hybridized carbons (Fsp3) is 0.154. The standard InChI is InChI=1S/C13H12BrNOS2/c1-15(8-12-7-10(14)9-18-12)13(16)5-4-11-3-2-6-17-11/h2-7,9H,8H2,1H3/b5-4+. The summed E-state index contributed by atoms with van der Waals surface area (Å²) in [5.41, 5.74) is 0. The van der Waals surface area contributed by atoms with E-state index in [1.54, 1.807) is 33.6 Å². The van der Waals surface area contributed by atoms with Gasteiger partial charge in [0.25, 0.3) is 0 Å². The lowest BCUT2D eigenvalue weighted by atomic mass is 10.3. The molecule has 2 rings (SSSR count). The van der Waals surface area contributed by atoms with Crippen molar-refractivity contribution >= 4 is 50.6 Å². The normalized spacial score (nSPS) is 11.0. The molecule has 0 N–H and O–H groups in total. The summed E-state index contributed by atoms with van der Waals surface area (Å²) in [7, 11) is 1.81. The average molecular weight is 342 g/mol. The molecule has 94 valence electrons. The Morgan fingerprint density at radius 3 is 2.94 bits per heavy atom. The number of likely N-dealkylation sites (N-methyl/N-ethyl adjacent to an activating group) is 1. The molecule has 0 aromatic carbocycles. The number of carbonyl (C=O) groups is 1. The molecule has 0 fully saturated rings. The van der Waals surface area contributed by atoms with E-state index in [0.29, 0.717) is 6.54 Å². The third-order valence-corrected chi connectivity index (χ3v) is 4.84. The van der Waals surface area contributed by atoms with Crippen molar-refractivity contribution in [3.63, 3.8) is 0 Å². The molecule has 5 heteroatoms. The summed E-state index contributed by atoms with van der Waals surface area (Å²) in [4.78, 5) is 15.9. The lowest BCUT2D eigenvalue weighted by Gasteiger charge is -2.13. The van der Waals surface area contributed by atoms with E-state index in [9.17, 15) is 4.79 Å². The van der Waals surface area contributed by atoms with E-state index in [4.69, 9.17) is 0 Å². The van der Waals surface area contributed by atoms with Gasteiger partial charge in [0.15, 0.2) is 0 Å². The van der Waals surface area contributed by atoms with Crippen LogP contribution in [-0.4, -0.2) is 17.9 Å². The fourth-order valence-electron chi connectivity index (χ4n) is 1.42. The molecule has 1 amide bonds. The summed E-state index contributed by atoms with van der Waals surface area (Å²) in [5.74, 6) is 0.0212. The lowest BCUT2D eigenvalue weighted by molar-refractivity contribution is -0.125. The van der Waals surface area contributed by atoms with Crippen LogP contribution in [0.25, 0.3) is 6.08 Å². The highest BCUT2D eigenvalue weighted by Gasteiger charge is 2.07. The van der Waals surface area contributed by atoms with Gasteiger partial charge in [0, 0.05) is 32.7 Å². The third kappa shape index (κ3) is 3.80. The zero-order valence-electron chi connectivity index (χ0n) is 9.80. The number of hydrogen-bond donors (Lipinski definition) is 0. The Balaban J connectivity index is 1.92. The Kier molecular flexibility index (Phi) is 4.74. The van der Waals surface area contributed by atoms with Crippen molar-refractivity contribution in [1.82, 2.24) is 4.90 Å². The molecule has 18 heavy (non-hydrogen) atoms. The van der Waals surface area contributed by atoms with Gasteiger partial charge in [-0.3, -0.25) is 4.79 Å². The topological polar surface area (TPSA) is 20.3 Å². The largest absolute Gasteiger partial charge is 0.337 e. The zero-order valence-corrected chi connectivity index (χ0v) is 13.0. The minimum absolute atomic E-state index is 0.0212. The Morgan fingerprint density at radius 1 is 1.50 bits per heavy atom. The van der Waals surface area contributed by atoms with Crippen molar-refractivity contribution in [2.45, 2.75) is 6.54 Å². The van der Waals surface area contributed by atoms with Crippen LogP contribution in [0.15, 0.2) is 39.5 Å². The Labute approximate surface area is 123 Å². The maximum absolute atomic E-state index is 11.9. The summed E-state index contributed by atoms with van der Waals surface area (Å²) in [6.45, 7) is 0.643. The molecule has 0 radical (unpaired) electrons. The molecule has 2 aromatic heterocycles. The number of hydrogen-bond acceptors (Lipinski definition) is 3. The maximum atomic E-state index is 11.9. The Bertz CT molecular complexity index is 545. The van der Waals surface area contributed by atoms with Crippen molar-refractivity contribution in [2.75, 3.05) is 7.05 Å². The Morgan fingerprint density at radius 2 is 2.33 bits per heavy atom. The van der Waals surface area contributed by atoms with Gasteiger partial charge in [-0.05, 0) is 39.5 Å². The van der Waals surface area contributed by atoms with Gasteiger partial charge in [-0.25, -0.2) is 0 Å². The summed E-state index contributed by atoms with van der Waals surface area (Å²) in [6.07, 6.45) is 3.47. The van der Waals surface area contributed by atoms with Gasteiger partial charge in [-0.1, -0.05) is 6.07 Å². The highest BCUT2D eigenvalue weighted by Crippen LogP contribution is 2.21. The van der Waals surface area contributed by atoms with Crippen molar-refractivity contribution in [2.24, 2.45) is 0 Å². The average Bonchev–Trinajstić information content (AvgIpc) is 2.97. The summed E-state index contributed by atoms with van der Waals surface area (Å²) in [5, 5.41) is 4.02. The lowest BCUT2D eigenvalue weighted by Crippen LogP contribution is -2.23. The van der Waals surface area contributed by atoms with Gasteiger partial charge in [0.05, 0.1) is 6.54 Å². The van der Waals surface area contributed by atoms with E-state index in [2.05, 4.69) is 15.9 Å². The second-order valence-corrected chi connectivity index (χ2v) is 6.67. The molecular formula is C13H12BrNOS2. The monoisotopic (exact) mass is 341 g/mol. The minimum atomic E-state index is 0.0212. The van der Waals surface area contributed by atoms with E-state index in [1.807, 2.05) is 42.1 Å². The highest BCUT2D eigenvalue weighted by atomic mass is 79.9. The first-order chi connectivity index (χ1) is 8.65. The maximum Gasteiger partial charge on any atom is 0.246 e. The van der Waals surface area contributed by atoms with Crippen molar-refractivity contribution in [1.29, 1.82) is 0 Å². The summed E-state index contributed by atoms with van der Waals surface area (Å²) in [6, 6.07) is 6.00. The predicted molar refractivity (Wildman–Crippen MR) is 81.8 cm³/mol. The van der Waals surface area contributed by atoms with Crippen LogP contribution >= 0.6 is 38.6 Å². The fourth-order valence-corrected chi connectivity index (χ4v) is 3.54. The van der Waals surface area contributed by atoms with Gasteiger partial charge in [-0.2, -0.15) is 0 Å². The van der Waals surface area contributed by atoms with E-state index >= 15 is 0 Å². The van der Waals surface area contributed by atoms with Gasteiger partial charge in [0.2, 0.25) is 5.91 Å². The highest BCUT2D eigenvalue weighted by molar-refractivity contribution is 9.10. The van der Waals surface area contributed by atoms with E-state index in [-0.39, 0.29) is 5.91 Å². The molecule has 0 saturated heterocycles. The number of thiophene rings is 2. The second-order valence-electron chi connectivity index (χ2n) is 3.77. The quantitative estimate of drug-likeness (QED) is 0.761. The van der Waals surface area contributed by atoms with Crippen LogP contribution in [0.3, 0.4) is 0 Å². The molecule has 2 nitrogen and oxygen atoms in total. The van der Waals surface area contributed by atoms with Crippen LogP contribution < -0.4 is 0 Å². The van der Waals surface area contributed by atoms with Crippen LogP contribution in [0.1, 0.15) is 9.75 Å². The van der Waals surface area contributed by atoms with E-state index in [1.165, 1.54) is 4.88 Å². The molecule has 0 atom stereocenters. The first-order valence-electron chi connectivity index (χ1n) is 5.35. The molecule has 0 spiro atoms. The molecule has 0 saturated carbocycles. The van der Waals surface area contributed by atoms with Crippen LogP contribution in [-0.2, 0) is 11.3 Å². The molecular weight excluding hydrogens is 330 g/mol. The van der Waals surface area contributed by atoms with Gasteiger partial charge >= 0.3 is 0 Å². The van der Waals surface area contributed by atoms with Crippen molar-refractivity contribution < 1.29 is 4.79 Å². The van der Waals surface area contributed by atoms with Gasteiger partial charge in [0.1, 0.15) is 0 Å². The first kappa shape index (κ1) is 13.5. The van der Waals surface area contributed by atoms with Crippen LogP contribution in [0.2, 0.25) is 0 Å². The Hall–Kier alpha value is -0.910. The predicted octanol–water partition coefficient (Wildman–Crippen LogP) is 4.24. The summed E-state index contributed by atoms with van der Waals surface area (Å²) >= 11 is 6.68.